The van der Waals surface area contributed by atoms with Crippen molar-refractivity contribution in [1.29, 1.82) is 0 Å². The molecule has 0 radical (unpaired) electrons. The molecule has 3 rings (SSSR count). The second-order valence-electron chi connectivity index (χ2n) is 6.43. The highest BCUT2D eigenvalue weighted by Crippen LogP contribution is 2.13. The van der Waals surface area contributed by atoms with Crippen LogP contribution in [0.5, 0.6) is 0 Å². The van der Waals surface area contributed by atoms with Crippen LogP contribution in [0, 0.1) is 0 Å². The Morgan fingerprint density at radius 1 is 1.23 bits per heavy atom. The number of benzene rings is 1. The van der Waals surface area contributed by atoms with Crippen molar-refractivity contribution in [3.05, 3.63) is 62.4 Å². The summed E-state index contributed by atoms with van der Waals surface area (Å²) < 4.78 is 2.75. The van der Waals surface area contributed by atoms with Crippen LogP contribution in [0.1, 0.15) is 35.9 Å². The van der Waals surface area contributed by atoms with Gasteiger partial charge in [-0.15, -0.1) is 0 Å². The molecule has 2 heterocycles. The van der Waals surface area contributed by atoms with E-state index < -0.39 is 0 Å². The van der Waals surface area contributed by atoms with E-state index in [-0.39, 0.29) is 36.0 Å². The van der Waals surface area contributed by atoms with Crippen LogP contribution >= 0.6 is 0 Å². The number of fused-ring (bicyclic) bond motifs is 1. The molecule has 0 spiro atoms. The number of aromatic amines is 1. The van der Waals surface area contributed by atoms with Gasteiger partial charge in [0.1, 0.15) is 5.69 Å². The van der Waals surface area contributed by atoms with E-state index in [0.717, 1.165) is 5.69 Å². The van der Waals surface area contributed by atoms with Crippen molar-refractivity contribution in [1.82, 2.24) is 24.9 Å². The van der Waals surface area contributed by atoms with E-state index in [9.17, 15) is 14.4 Å². The Hall–Kier alpha value is -3.16. The van der Waals surface area contributed by atoms with Gasteiger partial charge in [0.05, 0.1) is 23.0 Å². The van der Waals surface area contributed by atoms with Gasteiger partial charge < -0.3 is 5.32 Å². The minimum Gasteiger partial charge on any atom is -0.349 e. The zero-order valence-electron chi connectivity index (χ0n) is 14.9. The predicted molar refractivity (Wildman–Crippen MR) is 98.5 cm³/mol. The Balaban J connectivity index is 1.73. The third-order valence-electron chi connectivity index (χ3n) is 4.23. The Bertz CT molecular complexity index is 1070. The van der Waals surface area contributed by atoms with E-state index >= 15 is 0 Å². The normalized spacial score (nSPS) is 11.2. The van der Waals surface area contributed by atoms with Crippen LogP contribution < -0.4 is 16.4 Å². The number of amides is 1. The van der Waals surface area contributed by atoms with Crippen LogP contribution in [0.2, 0.25) is 0 Å². The summed E-state index contributed by atoms with van der Waals surface area (Å²) in [5.74, 6) is -0.0490. The zero-order chi connectivity index (χ0) is 18.8. The highest BCUT2D eigenvalue weighted by molar-refractivity contribution is 5.92. The molecule has 0 saturated carbocycles. The highest BCUT2D eigenvalue weighted by Gasteiger charge is 2.14. The maximum absolute atomic E-state index is 12.4. The van der Waals surface area contributed by atoms with Crippen LogP contribution in [-0.2, 0) is 13.6 Å². The van der Waals surface area contributed by atoms with Gasteiger partial charge in [0.2, 0.25) is 0 Å². The number of hydrogen-bond donors (Lipinski definition) is 2. The monoisotopic (exact) mass is 355 g/mol. The van der Waals surface area contributed by atoms with Crippen molar-refractivity contribution >= 4 is 16.7 Å². The van der Waals surface area contributed by atoms with Crippen LogP contribution in [0.3, 0.4) is 0 Å². The summed E-state index contributed by atoms with van der Waals surface area (Å²) >= 11 is 0. The molecule has 0 aliphatic heterocycles. The van der Waals surface area contributed by atoms with E-state index in [2.05, 4.69) is 15.5 Å². The third-order valence-corrected chi connectivity index (χ3v) is 4.23. The van der Waals surface area contributed by atoms with Gasteiger partial charge in [0.25, 0.3) is 17.0 Å². The van der Waals surface area contributed by atoms with Crippen molar-refractivity contribution in [2.75, 3.05) is 6.54 Å². The molecule has 26 heavy (non-hydrogen) atoms. The number of carbonyl (C=O) groups excluding carboxylic acids is 1. The number of carbonyl (C=O) groups is 1. The van der Waals surface area contributed by atoms with E-state index in [1.165, 1.54) is 9.36 Å². The molecule has 8 heteroatoms. The molecule has 0 unspecified atom stereocenters. The van der Waals surface area contributed by atoms with E-state index in [1.807, 2.05) is 13.8 Å². The molecule has 0 aliphatic carbocycles. The van der Waals surface area contributed by atoms with Crippen molar-refractivity contribution in [3.8, 4) is 0 Å². The lowest BCUT2D eigenvalue weighted by Gasteiger charge is -2.08. The molecular weight excluding hydrogens is 334 g/mol. The van der Waals surface area contributed by atoms with Crippen LogP contribution in [0.15, 0.2) is 39.9 Å². The number of hydrogen-bond acceptors (Lipinski definition) is 4. The van der Waals surface area contributed by atoms with Gasteiger partial charge in [-0.1, -0.05) is 26.0 Å². The van der Waals surface area contributed by atoms with Gasteiger partial charge in [-0.25, -0.2) is 4.68 Å². The smallest absolute Gasteiger partial charge is 0.273 e. The standard InChI is InChI=1S/C18H21N5O3/c1-11(2)14-10-15(22(3)20-14)17(25)19-8-9-23-18(26)13-7-5-4-6-12(13)16(24)21-23/h4-7,10-11H,8-9H2,1-3H3,(H,19,25)(H,21,24). The second-order valence-corrected chi connectivity index (χ2v) is 6.43. The fourth-order valence-corrected chi connectivity index (χ4v) is 2.76. The van der Waals surface area contributed by atoms with Gasteiger partial charge in [-0.05, 0) is 24.1 Å². The van der Waals surface area contributed by atoms with Gasteiger partial charge in [0, 0.05) is 13.6 Å². The molecular formula is C18H21N5O3. The van der Waals surface area contributed by atoms with Gasteiger partial charge >= 0.3 is 0 Å². The largest absolute Gasteiger partial charge is 0.349 e. The quantitative estimate of drug-likeness (QED) is 0.712. The fraction of sp³-hybridized carbons (Fsp3) is 0.333. The lowest BCUT2D eigenvalue weighted by Crippen LogP contribution is -2.35. The molecule has 8 nitrogen and oxygen atoms in total. The average Bonchev–Trinajstić information content (AvgIpc) is 3.01. The number of H-pyrrole nitrogens is 1. The SMILES string of the molecule is CC(C)c1cc(C(=O)NCCn2[nH]c(=O)c3ccccc3c2=O)n(C)n1. The van der Waals surface area contributed by atoms with Crippen molar-refractivity contribution in [2.24, 2.45) is 7.05 Å². The van der Waals surface area contributed by atoms with Crippen molar-refractivity contribution in [2.45, 2.75) is 26.3 Å². The summed E-state index contributed by atoms with van der Waals surface area (Å²) in [5.41, 5.74) is 0.664. The number of rotatable bonds is 5. The molecule has 0 aliphatic rings. The first-order chi connectivity index (χ1) is 12.4. The molecule has 3 aromatic rings. The Kier molecular flexibility index (Phi) is 4.75. The summed E-state index contributed by atoms with van der Waals surface area (Å²) in [6, 6.07) is 8.40. The van der Waals surface area contributed by atoms with E-state index in [0.29, 0.717) is 16.5 Å². The highest BCUT2D eigenvalue weighted by atomic mass is 16.2. The Morgan fingerprint density at radius 3 is 2.58 bits per heavy atom. The molecule has 1 amide bonds. The minimum atomic E-state index is -0.334. The second kappa shape index (κ2) is 6.99. The molecule has 0 saturated heterocycles. The molecule has 1 aromatic carbocycles. The lowest BCUT2D eigenvalue weighted by atomic mass is 10.1. The molecule has 0 fully saturated rings. The van der Waals surface area contributed by atoms with Crippen LogP contribution in [-0.4, -0.2) is 32.0 Å². The first-order valence-corrected chi connectivity index (χ1v) is 8.42. The summed E-state index contributed by atoms with van der Waals surface area (Å²) in [5, 5.41) is 10.3. The summed E-state index contributed by atoms with van der Waals surface area (Å²) in [7, 11) is 1.71. The maximum Gasteiger partial charge on any atom is 0.273 e. The minimum absolute atomic E-state index is 0.166. The first-order valence-electron chi connectivity index (χ1n) is 8.42. The van der Waals surface area contributed by atoms with Crippen molar-refractivity contribution in [3.63, 3.8) is 0 Å². The molecule has 0 bridgehead atoms. The maximum atomic E-state index is 12.4. The summed E-state index contributed by atoms with van der Waals surface area (Å²) in [6.45, 7) is 4.38. The number of nitrogens with zero attached hydrogens (tertiary/aromatic N) is 3. The van der Waals surface area contributed by atoms with Crippen LogP contribution in [0.25, 0.3) is 10.8 Å². The molecule has 0 atom stereocenters. The first kappa shape index (κ1) is 17.7. The van der Waals surface area contributed by atoms with Crippen LogP contribution in [0.4, 0.5) is 0 Å². The number of aryl methyl sites for hydroxylation is 1. The Morgan fingerprint density at radius 2 is 1.92 bits per heavy atom. The molecule has 2 aromatic heterocycles. The number of nitrogens with one attached hydrogen (secondary N) is 2. The zero-order valence-corrected chi connectivity index (χ0v) is 14.9. The van der Waals surface area contributed by atoms with Gasteiger partial charge in [-0.2, -0.15) is 5.10 Å². The van der Waals surface area contributed by atoms with E-state index in [4.69, 9.17) is 0 Å². The molecule has 2 N–H and O–H groups in total. The third kappa shape index (κ3) is 3.30. The fourth-order valence-electron chi connectivity index (χ4n) is 2.76. The summed E-state index contributed by atoms with van der Waals surface area (Å²) in [4.78, 5) is 36.8. The van der Waals surface area contributed by atoms with Gasteiger partial charge in [-0.3, -0.25) is 24.2 Å². The lowest BCUT2D eigenvalue weighted by molar-refractivity contribution is 0.0942. The summed E-state index contributed by atoms with van der Waals surface area (Å²) in [6.07, 6.45) is 0. The topological polar surface area (TPSA) is 102 Å². The van der Waals surface area contributed by atoms with E-state index in [1.54, 1.807) is 37.4 Å². The molecule has 136 valence electrons. The van der Waals surface area contributed by atoms with Crippen molar-refractivity contribution < 1.29 is 4.79 Å². The average molecular weight is 355 g/mol. The van der Waals surface area contributed by atoms with Gasteiger partial charge in [0.15, 0.2) is 0 Å². The number of aromatic nitrogens is 4. The predicted octanol–water partition coefficient (Wildman–Crippen LogP) is 0.977. The Labute approximate surface area is 149 Å².